The van der Waals surface area contributed by atoms with Crippen LogP contribution >= 0.6 is 0 Å². The van der Waals surface area contributed by atoms with Crippen LogP contribution < -0.4 is 5.32 Å². The molecule has 1 N–H and O–H groups in total. The van der Waals surface area contributed by atoms with Crippen LogP contribution in [-0.4, -0.2) is 29.1 Å². The van der Waals surface area contributed by atoms with Crippen molar-refractivity contribution >= 4 is 5.91 Å². The highest BCUT2D eigenvalue weighted by Crippen LogP contribution is 2.42. The van der Waals surface area contributed by atoms with E-state index in [1.807, 2.05) is 0 Å². The summed E-state index contributed by atoms with van der Waals surface area (Å²) in [5, 5.41) is 3.41. The van der Waals surface area contributed by atoms with Crippen molar-refractivity contribution in [2.75, 3.05) is 6.67 Å². The van der Waals surface area contributed by atoms with Crippen LogP contribution in [0.1, 0.15) is 46.0 Å². The lowest BCUT2D eigenvalue weighted by Crippen LogP contribution is -2.43. The first kappa shape index (κ1) is 10.6. The monoisotopic (exact) mass is 222 g/mol. The first-order chi connectivity index (χ1) is 7.61. The van der Waals surface area contributed by atoms with Gasteiger partial charge in [0.2, 0.25) is 5.91 Å². The molecular weight excluding hydrogens is 200 g/mol. The number of rotatable bonds is 1. The van der Waals surface area contributed by atoms with Gasteiger partial charge in [-0.1, -0.05) is 13.8 Å². The van der Waals surface area contributed by atoms with Crippen molar-refractivity contribution in [3.8, 4) is 0 Å². The van der Waals surface area contributed by atoms with E-state index in [1.54, 1.807) is 0 Å². The zero-order valence-corrected chi connectivity index (χ0v) is 10.3. The van der Waals surface area contributed by atoms with E-state index in [-0.39, 0.29) is 5.54 Å². The van der Waals surface area contributed by atoms with Gasteiger partial charge < -0.3 is 4.90 Å². The third kappa shape index (κ3) is 1.56. The Morgan fingerprint density at radius 1 is 1.19 bits per heavy atom. The quantitative estimate of drug-likeness (QED) is 0.733. The summed E-state index contributed by atoms with van der Waals surface area (Å²) in [5.41, 5.74) is -0.107. The maximum atomic E-state index is 12.3. The summed E-state index contributed by atoms with van der Waals surface area (Å²) in [7, 11) is 0. The Labute approximate surface area is 97.6 Å². The molecule has 3 nitrogen and oxygen atoms in total. The van der Waals surface area contributed by atoms with Crippen LogP contribution in [0.15, 0.2) is 0 Å². The maximum absolute atomic E-state index is 12.3. The second kappa shape index (κ2) is 3.46. The standard InChI is InChI=1S/C13H22N2O/c1-9-5-10(2)7-11(6-9)15-8-14-13(3-4-13)12(15)16/h9-11,14H,3-8H2,1-2H3. The number of amides is 1. The number of nitrogens with zero attached hydrogens (tertiary/aromatic N) is 1. The van der Waals surface area contributed by atoms with Crippen LogP contribution in [-0.2, 0) is 4.79 Å². The van der Waals surface area contributed by atoms with Gasteiger partial charge in [0.05, 0.1) is 12.2 Å². The maximum Gasteiger partial charge on any atom is 0.244 e. The predicted molar refractivity (Wildman–Crippen MR) is 62.8 cm³/mol. The van der Waals surface area contributed by atoms with Crippen LogP contribution in [0.4, 0.5) is 0 Å². The van der Waals surface area contributed by atoms with Gasteiger partial charge in [-0.3, -0.25) is 10.1 Å². The molecule has 16 heavy (non-hydrogen) atoms. The second-order valence-electron chi connectivity index (χ2n) is 6.26. The van der Waals surface area contributed by atoms with Crippen LogP contribution in [0, 0.1) is 11.8 Å². The van der Waals surface area contributed by atoms with Gasteiger partial charge in [0.15, 0.2) is 0 Å². The summed E-state index contributed by atoms with van der Waals surface area (Å²) < 4.78 is 0. The third-order valence-corrected chi connectivity index (χ3v) is 4.60. The predicted octanol–water partition coefficient (Wildman–Crippen LogP) is 1.73. The topological polar surface area (TPSA) is 32.3 Å². The van der Waals surface area contributed by atoms with Crippen molar-refractivity contribution in [1.29, 1.82) is 0 Å². The molecule has 90 valence electrons. The van der Waals surface area contributed by atoms with Crippen molar-refractivity contribution in [3.05, 3.63) is 0 Å². The average molecular weight is 222 g/mol. The smallest absolute Gasteiger partial charge is 0.244 e. The van der Waals surface area contributed by atoms with Gasteiger partial charge in [-0.15, -0.1) is 0 Å². The van der Waals surface area contributed by atoms with E-state index in [0.29, 0.717) is 11.9 Å². The first-order valence-electron chi connectivity index (χ1n) is 6.67. The number of hydrogen-bond acceptors (Lipinski definition) is 2. The van der Waals surface area contributed by atoms with Gasteiger partial charge in [0.1, 0.15) is 0 Å². The van der Waals surface area contributed by atoms with Gasteiger partial charge in [0, 0.05) is 6.04 Å². The molecule has 3 fully saturated rings. The number of carbonyl (C=O) groups is 1. The van der Waals surface area contributed by atoms with Crippen LogP contribution in [0.5, 0.6) is 0 Å². The fourth-order valence-corrected chi connectivity index (χ4v) is 3.63. The van der Waals surface area contributed by atoms with E-state index in [2.05, 4.69) is 24.1 Å². The van der Waals surface area contributed by atoms with Gasteiger partial charge in [-0.2, -0.15) is 0 Å². The molecule has 3 heteroatoms. The molecule has 1 saturated heterocycles. The highest BCUT2D eigenvalue weighted by Gasteiger charge is 2.56. The molecule has 3 aliphatic rings. The lowest BCUT2D eigenvalue weighted by Gasteiger charge is -2.36. The van der Waals surface area contributed by atoms with Crippen LogP contribution in [0.25, 0.3) is 0 Å². The molecule has 1 heterocycles. The lowest BCUT2D eigenvalue weighted by molar-refractivity contribution is -0.132. The number of carbonyl (C=O) groups excluding carboxylic acids is 1. The second-order valence-corrected chi connectivity index (χ2v) is 6.26. The summed E-state index contributed by atoms with van der Waals surface area (Å²) in [6.45, 7) is 5.44. The molecule has 0 aromatic heterocycles. The Kier molecular flexibility index (Phi) is 2.29. The van der Waals surface area contributed by atoms with E-state index >= 15 is 0 Å². The Morgan fingerprint density at radius 2 is 1.81 bits per heavy atom. The molecule has 2 aliphatic carbocycles. The van der Waals surface area contributed by atoms with E-state index in [1.165, 1.54) is 19.3 Å². The molecular formula is C13H22N2O. The minimum absolute atomic E-state index is 0.107. The number of hydrogen-bond donors (Lipinski definition) is 1. The van der Waals surface area contributed by atoms with Crippen molar-refractivity contribution < 1.29 is 4.79 Å². The molecule has 1 spiro atoms. The highest BCUT2D eigenvalue weighted by atomic mass is 16.2. The zero-order chi connectivity index (χ0) is 11.3. The first-order valence-corrected chi connectivity index (χ1v) is 6.67. The molecule has 1 amide bonds. The fraction of sp³-hybridized carbons (Fsp3) is 0.923. The molecule has 0 radical (unpaired) electrons. The van der Waals surface area contributed by atoms with E-state index in [0.717, 1.165) is 31.3 Å². The van der Waals surface area contributed by atoms with Crippen molar-refractivity contribution in [3.63, 3.8) is 0 Å². The van der Waals surface area contributed by atoms with Crippen LogP contribution in [0.2, 0.25) is 0 Å². The Morgan fingerprint density at radius 3 is 2.31 bits per heavy atom. The minimum Gasteiger partial charge on any atom is -0.325 e. The van der Waals surface area contributed by atoms with Gasteiger partial charge >= 0.3 is 0 Å². The van der Waals surface area contributed by atoms with Crippen molar-refractivity contribution in [1.82, 2.24) is 10.2 Å². The summed E-state index contributed by atoms with van der Waals surface area (Å²) in [6, 6.07) is 0.499. The Bertz CT molecular complexity index is 301. The van der Waals surface area contributed by atoms with E-state index in [4.69, 9.17) is 0 Å². The molecule has 2 saturated carbocycles. The van der Waals surface area contributed by atoms with Gasteiger partial charge in [-0.25, -0.2) is 0 Å². The summed E-state index contributed by atoms with van der Waals surface area (Å²) >= 11 is 0. The third-order valence-electron chi connectivity index (χ3n) is 4.60. The Hall–Kier alpha value is -0.570. The van der Waals surface area contributed by atoms with E-state index in [9.17, 15) is 4.79 Å². The zero-order valence-electron chi connectivity index (χ0n) is 10.3. The summed E-state index contributed by atoms with van der Waals surface area (Å²) in [5.74, 6) is 1.94. The van der Waals surface area contributed by atoms with E-state index < -0.39 is 0 Å². The molecule has 0 aromatic carbocycles. The normalized spacial score (nSPS) is 41.8. The molecule has 3 rings (SSSR count). The highest BCUT2D eigenvalue weighted by molar-refractivity contribution is 5.91. The van der Waals surface area contributed by atoms with Crippen LogP contribution in [0.3, 0.4) is 0 Å². The minimum atomic E-state index is -0.107. The molecule has 2 unspecified atom stereocenters. The molecule has 0 bridgehead atoms. The van der Waals surface area contributed by atoms with Crippen molar-refractivity contribution in [2.24, 2.45) is 11.8 Å². The summed E-state index contributed by atoms with van der Waals surface area (Å²) in [6.07, 6.45) is 5.85. The summed E-state index contributed by atoms with van der Waals surface area (Å²) in [4.78, 5) is 14.4. The molecule has 2 atom stereocenters. The lowest BCUT2D eigenvalue weighted by atomic mass is 9.80. The van der Waals surface area contributed by atoms with Gasteiger partial charge in [-0.05, 0) is 43.9 Å². The SMILES string of the molecule is CC1CC(C)CC(N2CNC3(CC3)C2=O)C1. The molecule has 1 aliphatic heterocycles. The van der Waals surface area contributed by atoms with Crippen molar-refractivity contribution in [2.45, 2.75) is 57.5 Å². The molecule has 0 aromatic rings. The average Bonchev–Trinajstić information content (AvgIpc) is 2.90. The number of nitrogens with one attached hydrogen (secondary N) is 1. The fourth-order valence-electron chi connectivity index (χ4n) is 3.63. The largest absolute Gasteiger partial charge is 0.325 e. The Balaban J connectivity index is 1.71. The van der Waals surface area contributed by atoms with Gasteiger partial charge in [0.25, 0.3) is 0 Å².